The minimum absolute atomic E-state index is 0.108. The van der Waals surface area contributed by atoms with Gasteiger partial charge in [0.05, 0.1) is 13.2 Å². The predicted octanol–water partition coefficient (Wildman–Crippen LogP) is 12.8. The van der Waals surface area contributed by atoms with Gasteiger partial charge in [-0.25, -0.2) is 9.65 Å². The molecule has 0 saturated heterocycles. The van der Waals surface area contributed by atoms with Crippen molar-refractivity contribution in [3.05, 3.63) is 24.3 Å². The largest absolute Gasteiger partial charge is 0.405 e. The van der Waals surface area contributed by atoms with Crippen LogP contribution >= 0.6 is 7.75 Å². The second-order valence-electron chi connectivity index (χ2n) is 14.0. The van der Waals surface area contributed by atoms with Gasteiger partial charge in [-0.2, -0.15) is 0 Å². The lowest BCUT2D eigenvalue weighted by Crippen LogP contribution is -2.23. The molecule has 5 N–H and O–H groups in total. The van der Waals surface area contributed by atoms with Crippen molar-refractivity contribution in [3.8, 4) is 0 Å². The molecule has 0 aliphatic carbocycles. The Kier molecular flexibility index (Phi) is 38.7. The Hall–Kier alpha value is -1.14. The summed E-state index contributed by atoms with van der Waals surface area (Å²) in [6.45, 7) is 6.60. The molecule has 7 nitrogen and oxygen atoms in total. The van der Waals surface area contributed by atoms with Crippen molar-refractivity contribution in [1.29, 1.82) is 0 Å². The Morgan fingerprint density at radius 2 is 0.857 bits per heavy atom. The number of unbranched alkanes of at least 4 members (excludes halogenated alkanes) is 25. The molecule has 0 rings (SSSR count). The zero-order chi connectivity index (χ0) is 35.8. The number of hydrogen-bond acceptors (Lipinski definition) is 4. The molecule has 0 aliphatic heterocycles. The monoisotopic (exact) mass is 711 g/mol. The van der Waals surface area contributed by atoms with Crippen LogP contribution in [0.1, 0.15) is 206 Å². The number of nitrogens with zero attached hydrogens (tertiary/aromatic N) is 1. The highest BCUT2D eigenvalue weighted by Crippen LogP contribution is 2.44. The summed E-state index contributed by atoms with van der Waals surface area (Å²) in [7, 11) is -3.32. The molecule has 0 aromatic carbocycles. The van der Waals surface area contributed by atoms with Crippen LogP contribution in [-0.2, 0) is 13.6 Å². The van der Waals surface area contributed by atoms with Crippen LogP contribution in [0.4, 0.5) is 0 Å². The van der Waals surface area contributed by atoms with Crippen molar-refractivity contribution in [3.63, 3.8) is 0 Å². The summed E-state index contributed by atoms with van der Waals surface area (Å²) < 4.78 is 25.2. The summed E-state index contributed by atoms with van der Waals surface area (Å²) in [4.78, 5) is 4.02. The molecule has 0 spiro atoms. The van der Waals surface area contributed by atoms with Gasteiger partial charge >= 0.3 is 7.75 Å². The lowest BCUT2D eigenvalue weighted by molar-refractivity contribution is 0.189. The molecule has 0 saturated carbocycles. The van der Waals surface area contributed by atoms with Crippen LogP contribution in [0.5, 0.6) is 0 Å². The first-order chi connectivity index (χ1) is 24.0. The van der Waals surface area contributed by atoms with E-state index in [9.17, 15) is 4.57 Å². The Balaban J connectivity index is 4.01. The van der Waals surface area contributed by atoms with Gasteiger partial charge in [0.25, 0.3) is 0 Å². The van der Waals surface area contributed by atoms with Gasteiger partial charge in [0, 0.05) is 13.1 Å². The van der Waals surface area contributed by atoms with E-state index in [0.717, 1.165) is 38.5 Å². The number of guanidine groups is 1. The normalized spacial score (nSPS) is 12.1. The molecule has 0 aromatic rings. The van der Waals surface area contributed by atoms with Crippen LogP contribution in [0.15, 0.2) is 29.3 Å². The lowest BCUT2D eigenvalue weighted by atomic mass is 10.1. The third kappa shape index (κ3) is 39.5. The molecule has 0 unspecified atom stereocenters. The summed E-state index contributed by atoms with van der Waals surface area (Å²) in [5.74, 6) is 0.108. The summed E-state index contributed by atoms with van der Waals surface area (Å²) in [5, 5.41) is 3.08. The molecule has 0 fully saturated rings. The fraction of sp³-hybridized carbons (Fsp3) is 0.878. The van der Waals surface area contributed by atoms with E-state index in [0.29, 0.717) is 26.3 Å². The average Bonchev–Trinajstić information content (AvgIpc) is 3.09. The first kappa shape index (κ1) is 47.9. The van der Waals surface area contributed by atoms with Gasteiger partial charge in [0.15, 0.2) is 5.96 Å². The van der Waals surface area contributed by atoms with Crippen molar-refractivity contribution in [2.24, 2.45) is 16.5 Å². The third-order valence-electron chi connectivity index (χ3n) is 9.02. The van der Waals surface area contributed by atoms with Crippen molar-refractivity contribution in [1.82, 2.24) is 5.09 Å². The molecule has 0 bridgehead atoms. The molecule has 8 heteroatoms. The van der Waals surface area contributed by atoms with Gasteiger partial charge < -0.3 is 11.5 Å². The molecule has 49 heavy (non-hydrogen) atoms. The van der Waals surface area contributed by atoms with Gasteiger partial charge in [0.1, 0.15) is 0 Å². The highest BCUT2D eigenvalue weighted by Gasteiger charge is 2.23. The van der Waals surface area contributed by atoms with E-state index >= 15 is 0 Å². The Labute approximate surface area is 305 Å². The molecule has 0 aromatic heterocycles. The Morgan fingerprint density at radius 1 is 0.510 bits per heavy atom. The second-order valence-corrected chi connectivity index (χ2v) is 15.8. The standard InChI is InChI=1S/C41H83N4O3P/c1-3-5-7-9-11-13-15-17-19-21-23-25-27-29-31-35-39-47-49(46,45-38-34-33-37-44-41(42)43)48-40-36-32-30-28-26-24-22-20-18-16-14-12-10-8-6-4-2/h17-20H,3-16,21-40H2,1-2H3,(H,45,46)(H4,42,43,44)/b19-17+,20-18+. The quantitative estimate of drug-likeness (QED) is 0.0192. The van der Waals surface area contributed by atoms with Crippen LogP contribution < -0.4 is 16.6 Å². The topological polar surface area (TPSA) is 112 Å². The zero-order valence-corrected chi connectivity index (χ0v) is 33.5. The van der Waals surface area contributed by atoms with Crippen LogP contribution in [0.2, 0.25) is 0 Å². The van der Waals surface area contributed by atoms with Crippen LogP contribution in [0.3, 0.4) is 0 Å². The highest BCUT2D eigenvalue weighted by molar-refractivity contribution is 7.51. The second kappa shape index (κ2) is 39.6. The highest BCUT2D eigenvalue weighted by atomic mass is 31.2. The van der Waals surface area contributed by atoms with Crippen molar-refractivity contribution in [2.75, 3.05) is 26.3 Å². The predicted molar refractivity (Wildman–Crippen MR) is 216 cm³/mol. The van der Waals surface area contributed by atoms with E-state index in [1.165, 1.54) is 154 Å². The van der Waals surface area contributed by atoms with Crippen molar-refractivity contribution < 1.29 is 13.6 Å². The van der Waals surface area contributed by atoms with Crippen LogP contribution in [0, 0.1) is 0 Å². The van der Waals surface area contributed by atoms with E-state index in [2.05, 4.69) is 48.2 Å². The summed E-state index contributed by atoms with van der Waals surface area (Å²) in [6.07, 6.45) is 46.5. The minimum atomic E-state index is -3.32. The van der Waals surface area contributed by atoms with Crippen LogP contribution in [0.25, 0.3) is 0 Å². The van der Waals surface area contributed by atoms with Crippen molar-refractivity contribution >= 4 is 13.7 Å². The van der Waals surface area contributed by atoms with E-state index < -0.39 is 7.75 Å². The molecule has 0 heterocycles. The first-order valence-corrected chi connectivity index (χ1v) is 22.6. The van der Waals surface area contributed by atoms with Crippen LogP contribution in [-0.4, -0.2) is 32.3 Å². The number of allylic oxidation sites excluding steroid dienone is 4. The molecule has 0 aliphatic rings. The third-order valence-corrected chi connectivity index (χ3v) is 10.7. The number of hydrogen-bond donors (Lipinski definition) is 3. The summed E-state index contributed by atoms with van der Waals surface area (Å²) >= 11 is 0. The minimum Gasteiger partial charge on any atom is -0.370 e. The Morgan fingerprint density at radius 3 is 1.22 bits per heavy atom. The molecule has 0 amide bonds. The number of nitrogens with one attached hydrogen (secondary N) is 1. The van der Waals surface area contributed by atoms with Gasteiger partial charge in [0.2, 0.25) is 0 Å². The van der Waals surface area contributed by atoms with Gasteiger partial charge in [-0.3, -0.25) is 14.0 Å². The molecular weight excluding hydrogens is 627 g/mol. The molecule has 0 radical (unpaired) electrons. The van der Waals surface area contributed by atoms with E-state index in [4.69, 9.17) is 20.5 Å². The van der Waals surface area contributed by atoms with E-state index in [1.807, 2.05) is 0 Å². The number of rotatable bonds is 40. The number of nitrogens with two attached hydrogens (primary N) is 2. The van der Waals surface area contributed by atoms with Gasteiger partial charge in [-0.05, 0) is 77.0 Å². The lowest BCUT2D eigenvalue weighted by Gasteiger charge is -2.19. The van der Waals surface area contributed by atoms with E-state index in [-0.39, 0.29) is 5.96 Å². The first-order valence-electron chi connectivity index (χ1n) is 21.0. The molecular formula is C41H83N4O3P. The number of aliphatic imine (C=N–C) groups is 1. The average molecular weight is 711 g/mol. The van der Waals surface area contributed by atoms with Gasteiger partial charge in [-0.1, -0.05) is 154 Å². The molecule has 0 atom stereocenters. The molecule has 290 valence electrons. The smallest absolute Gasteiger partial charge is 0.370 e. The maximum Gasteiger partial charge on any atom is 0.405 e. The SMILES string of the molecule is CCCCCCCC/C=C/CCCCCCCCOP(=O)(NCCCCN=C(N)N)OCCCCCCCC/C=C/CCCCCCCC. The van der Waals surface area contributed by atoms with Gasteiger partial charge in [-0.15, -0.1) is 0 Å². The maximum atomic E-state index is 13.4. The van der Waals surface area contributed by atoms with E-state index in [1.54, 1.807) is 0 Å². The fourth-order valence-corrected chi connectivity index (χ4v) is 7.29. The Bertz CT molecular complexity index is 754. The van der Waals surface area contributed by atoms with Crippen molar-refractivity contribution in [2.45, 2.75) is 206 Å². The fourth-order valence-electron chi connectivity index (χ4n) is 5.86. The zero-order valence-electron chi connectivity index (χ0n) is 32.6. The summed E-state index contributed by atoms with van der Waals surface area (Å²) in [6, 6.07) is 0. The maximum absolute atomic E-state index is 13.4. The summed E-state index contributed by atoms with van der Waals surface area (Å²) in [5.41, 5.74) is 10.8.